The molecular weight excluding hydrogens is 214 g/mol. The summed E-state index contributed by atoms with van der Waals surface area (Å²) in [6, 6.07) is 8.93. The van der Waals surface area contributed by atoms with Gasteiger partial charge in [0.05, 0.1) is 6.61 Å². The van der Waals surface area contributed by atoms with Crippen LogP contribution in [0.1, 0.15) is 25.3 Å². The van der Waals surface area contributed by atoms with Gasteiger partial charge in [0.15, 0.2) is 0 Å². The van der Waals surface area contributed by atoms with Gasteiger partial charge in [0.1, 0.15) is 12.4 Å². The zero-order valence-electron chi connectivity index (χ0n) is 10.4. The summed E-state index contributed by atoms with van der Waals surface area (Å²) in [5, 5.41) is 3.50. The lowest BCUT2D eigenvalue weighted by Crippen LogP contribution is -2.16. The van der Waals surface area contributed by atoms with Crippen molar-refractivity contribution in [3.63, 3.8) is 0 Å². The van der Waals surface area contributed by atoms with E-state index in [1.54, 1.807) is 0 Å². The van der Waals surface area contributed by atoms with Crippen molar-refractivity contribution >= 4 is 0 Å². The van der Waals surface area contributed by atoms with Gasteiger partial charge in [-0.3, -0.25) is 0 Å². The third-order valence-electron chi connectivity index (χ3n) is 2.82. The molecule has 17 heavy (non-hydrogen) atoms. The zero-order valence-corrected chi connectivity index (χ0v) is 10.4. The fraction of sp³-hybridized carbons (Fsp3) is 0.571. The maximum atomic E-state index is 5.73. The second kappa shape index (κ2) is 6.62. The molecule has 0 radical (unpaired) electrons. The van der Waals surface area contributed by atoms with Gasteiger partial charge in [0.25, 0.3) is 0 Å². The van der Waals surface area contributed by atoms with Gasteiger partial charge in [-0.2, -0.15) is 0 Å². The molecule has 0 saturated heterocycles. The molecule has 0 heterocycles. The Morgan fingerprint density at radius 3 is 2.82 bits per heavy atom. The normalized spacial score (nSPS) is 14.9. The highest BCUT2D eigenvalue weighted by Crippen LogP contribution is 2.22. The van der Waals surface area contributed by atoms with E-state index in [4.69, 9.17) is 9.47 Å². The summed E-state index contributed by atoms with van der Waals surface area (Å²) in [4.78, 5) is 0. The number of rotatable bonds is 8. The van der Waals surface area contributed by atoms with Gasteiger partial charge in [0.2, 0.25) is 0 Å². The van der Waals surface area contributed by atoms with E-state index >= 15 is 0 Å². The molecule has 1 N–H and O–H groups in total. The lowest BCUT2D eigenvalue weighted by atomic mass is 10.2. The van der Waals surface area contributed by atoms with Gasteiger partial charge < -0.3 is 14.8 Å². The summed E-state index contributed by atoms with van der Waals surface area (Å²) in [6.07, 6.45) is 2.63. The third-order valence-corrected chi connectivity index (χ3v) is 2.82. The Labute approximate surface area is 103 Å². The van der Waals surface area contributed by atoms with Crippen LogP contribution in [0.2, 0.25) is 0 Å². The van der Waals surface area contributed by atoms with Gasteiger partial charge in [0, 0.05) is 24.8 Å². The molecule has 0 bridgehead atoms. The van der Waals surface area contributed by atoms with Crippen molar-refractivity contribution in [1.29, 1.82) is 0 Å². The number of hydrogen-bond donors (Lipinski definition) is 1. The van der Waals surface area contributed by atoms with Crippen LogP contribution in [0, 0.1) is 0 Å². The summed E-state index contributed by atoms with van der Waals surface area (Å²) < 4.78 is 11.0. The molecule has 94 valence electrons. The first-order chi connectivity index (χ1) is 8.40. The number of hydrogen-bond acceptors (Lipinski definition) is 3. The highest BCUT2D eigenvalue weighted by atomic mass is 16.5. The van der Waals surface area contributed by atoms with Crippen molar-refractivity contribution in [2.45, 2.75) is 32.4 Å². The number of ether oxygens (including phenoxy) is 2. The molecule has 1 aliphatic carbocycles. The van der Waals surface area contributed by atoms with Crippen LogP contribution in [-0.2, 0) is 11.3 Å². The van der Waals surface area contributed by atoms with Crippen molar-refractivity contribution in [3.8, 4) is 5.75 Å². The Morgan fingerprint density at radius 1 is 1.24 bits per heavy atom. The Morgan fingerprint density at radius 2 is 2.06 bits per heavy atom. The van der Waals surface area contributed by atoms with E-state index in [-0.39, 0.29) is 0 Å². The van der Waals surface area contributed by atoms with E-state index in [1.807, 2.05) is 19.1 Å². The number of para-hydroxylation sites is 1. The summed E-state index contributed by atoms with van der Waals surface area (Å²) >= 11 is 0. The molecule has 1 fully saturated rings. The summed E-state index contributed by atoms with van der Waals surface area (Å²) in [5.41, 5.74) is 1.23. The predicted octanol–water partition coefficient (Wildman–Crippen LogP) is 2.35. The molecule has 0 atom stereocenters. The van der Waals surface area contributed by atoms with Crippen LogP contribution >= 0.6 is 0 Å². The maximum absolute atomic E-state index is 5.73. The van der Waals surface area contributed by atoms with Gasteiger partial charge >= 0.3 is 0 Å². The van der Waals surface area contributed by atoms with E-state index in [2.05, 4.69) is 17.4 Å². The quantitative estimate of drug-likeness (QED) is 0.702. The van der Waals surface area contributed by atoms with E-state index < -0.39 is 0 Å². The van der Waals surface area contributed by atoms with Gasteiger partial charge in [-0.25, -0.2) is 0 Å². The topological polar surface area (TPSA) is 30.5 Å². The standard InChI is InChI=1S/C14H21NO2/c1-2-16-9-10-17-14-6-4-3-5-12(14)11-15-13-7-8-13/h3-6,13,15H,2,7-11H2,1H3. The van der Waals surface area contributed by atoms with E-state index in [1.165, 1.54) is 18.4 Å². The molecule has 3 nitrogen and oxygen atoms in total. The molecule has 1 aromatic rings. The van der Waals surface area contributed by atoms with Crippen molar-refractivity contribution in [2.75, 3.05) is 19.8 Å². The van der Waals surface area contributed by atoms with Crippen molar-refractivity contribution < 1.29 is 9.47 Å². The second-order valence-electron chi connectivity index (χ2n) is 4.31. The van der Waals surface area contributed by atoms with Crippen LogP contribution < -0.4 is 10.1 Å². The van der Waals surface area contributed by atoms with Gasteiger partial charge in [-0.15, -0.1) is 0 Å². The van der Waals surface area contributed by atoms with Crippen LogP contribution in [0.15, 0.2) is 24.3 Å². The molecule has 1 saturated carbocycles. The number of benzene rings is 1. The minimum Gasteiger partial charge on any atom is -0.491 e. The summed E-state index contributed by atoms with van der Waals surface area (Å²) in [5.74, 6) is 0.973. The molecule has 0 amide bonds. The average Bonchev–Trinajstić information content (AvgIpc) is 3.17. The van der Waals surface area contributed by atoms with Crippen LogP contribution in [0.4, 0.5) is 0 Å². The predicted molar refractivity (Wildman–Crippen MR) is 68.3 cm³/mol. The van der Waals surface area contributed by atoms with Crippen LogP contribution in [0.3, 0.4) is 0 Å². The number of nitrogens with one attached hydrogen (secondary N) is 1. The second-order valence-corrected chi connectivity index (χ2v) is 4.31. The SMILES string of the molecule is CCOCCOc1ccccc1CNC1CC1. The molecule has 0 unspecified atom stereocenters. The maximum Gasteiger partial charge on any atom is 0.123 e. The first-order valence-electron chi connectivity index (χ1n) is 6.42. The average molecular weight is 235 g/mol. The zero-order chi connectivity index (χ0) is 11.9. The molecular formula is C14H21NO2. The lowest BCUT2D eigenvalue weighted by molar-refractivity contribution is 0.110. The minimum absolute atomic E-state index is 0.619. The van der Waals surface area contributed by atoms with Crippen molar-refractivity contribution in [3.05, 3.63) is 29.8 Å². The largest absolute Gasteiger partial charge is 0.491 e. The Kier molecular flexibility index (Phi) is 4.83. The minimum atomic E-state index is 0.619. The van der Waals surface area contributed by atoms with E-state index in [0.717, 1.165) is 24.9 Å². The fourth-order valence-electron chi connectivity index (χ4n) is 1.69. The highest BCUT2D eigenvalue weighted by Gasteiger charge is 2.20. The Bertz CT molecular complexity index is 337. The van der Waals surface area contributed by atoms with Crippen molar-refractivity contribution in [2.24, 2.45) is 0 Å². The molecule has 0 aliphatic heterocycles. The Hall–Kier alpha value is -1.06. The monoisotopic (exact) mass is 235 g/mol. The highest BCUT2D eigenvalue weighted by molar-refractivity contribution is 5.33. The van der Waals surface area contributed by atoms with E-state index in [0.29, 0.717) is 13.2 Å². The smallest absolute Gasteiger partial charge is 0.123 e. The molecule has 2 rings (SSSR count). The third kappa shape index (κ3) is 4.36. The van der Waals surface area contributed by atoms with Crippen molar-refractivity contribution in [1.82, 2.24) is 5.32 Å². The van der Waals surface area contributed by atoms with Crippen LogP contribution in [0.25, 0.3) is 0 Å². The van der Waals surface area contributed by atoms with Gasteiger partial charge in [-0.05, 0) is 25.8 Å². The van der Waals surface area contributed by atoms with Gasteiger partial charge in [-0.1, -0.05) is 18.2 Å². The molecule has 1 aliphatic rings. The first kappa shape index (κ1) is 12.4. The molecule has 1 aromatic carbocycles. The molecule has 0 aromatic heterocycles. The summed E-state index contributed by atoms with van der Waals surface area (Å²) in [6.45, 7) is 4.91. The van der Waals surface area contributed by atoms with Crippen LogP contribution in [-0.4, -0.2) is 25.9 Å². The summed E-state index contributed by atoms with van der Waals surface area (Å²) in [7, 11) is 0. The molecule has 3 heteroatoms. The lowest BCUT2D eigenvalue weighted by Gasteiger charge is -2.11. The Balaban J connectivity index is 1.80. The van der Waals surface area contributed by atoms with E-state index in [9.17, 15) is 0 Å². The fourth-order valence-corrected chi connectivity index (χ4v) is 1.69. The first-order valence-corrected chi connectivity index (χ1v) is 6.42. The van der Waals surface area contributed by atoms with Crippen LogP contribution in [0.5, 0.6) is 5.75 Å². The molecule has 0 spiro atoms.